The van der Waals surface area contributed by atoms with Crippen LogP contribution >= 0.6 is 23.8 Å². The van der Waals surface area contributed by atoms with E-state index >= 15 is 0 Å². The number of nitrogens with zero attached hydrogens (tertiary/aromatic N) is 1. The molecule has 110 valence electrons. The molecular formula is C14H20ClN3OS. The Labute approximate surface area is 130 Å². The van der Waals surface area contributed by atoms with Gasteiger partial charge in [-0.2, -0.15) is 0 Å². The number of amides is 1. The van der Waals surface area contributed by atoms with Crippen LogP contribution in [0.1, 0.15) is 25.8 Å². The van der Waals surface area contributed by atoms with Gasteiger partial charge in [0.2, 0.25) is 5.91 Å². The molecule has 1 amide bonds. The molecule has 0 aliphatic rings. The minimum atomic E-state index is 0.126. The van der Waals surface area contributed by atoms with Crippen LogP contribution in [0.15, 0.2) is 18.2 Å². The van der Waals surface area contributed by atoms with Crippen molar-refractivity contribution in [1.82, 2.24) is 4.90 Å². The lowest BCUT2D eigenvalue weighted by Crippen LogP contribution is -2.31. The highest BCUT2D eigenvalue weighted by Gasteiger charge is 2.10. The Morgan fingerprint density at radius 3 is 2.60 bits per heavy atom. The largest absolute Gasteiger partial charge is 0.389 e. The van der Waals surface area contributed by atoms with Crippen LogP contribution in [0.4, 0.5) is 5.69 Å². The quantitative estimate of drug-likeness (QED) is 0.760. The molecular weight excluding hydrogens is 294 g/mol. The SMILES string of the molecule is CCN(CC)C(=O)CCNc1cc(Cl)ccc1C(N)=S. The zero-order valence-electron chi connectivity index (χ0n) is 11.8. The summed E-state index contributed by atoms with van der Waals surface area (Å²) in [4.78, 5) is 14.0. The van der Waals surface area contributed by atoms with Crippen molar-refractivity contribution >= 4 is 40.4 Å². The van der Waals surface area contributed by atoms with E-state index in [-0.39, 0.29) is 5.91 Å². The van der Waals surface area contributed by atoms with Gasteiger partial charge in [-0.05, 0) is 32.0 Å². The Morgan fingerprint density at radius 1 is 1.40 bits per heavy atom. The number of nitrogens with two attached hydrogens (primary N) is 1. The number of carbonyl (C=O) groups is 1. The Hall–Kier alpha value is -1.33. The fraction of sp³-hybridized carbons (Fsp3) is 0.429. The summed E-state index contributed by atoms with van der Waals surface area (Å²) in [5.41, 5.74) is 7.16. The number of nitrogens with one attached hydrogen (secondary N) is 1. The molecule has 0 radical (unpaired) electrons. The van der Waals surface area contributed by atoms with Crippen molar-refractivity contribution in [1.29, 1.82) is 0 Å². The van der Waals surface area contributed by atoms with Gasteiger partial charge in [-0.1, -0.05) is 23.8 Å². The van der Waals surface area contributed by atoms with Crippen molar-refractivity contribution in [3.63, 3.8) is 0 Å². The molecule has 0 unspecified atom stereocenters. The molecule has 20 heavy (non-hydrogen) atoms. The molecule has 0 atom stereocenters. The van der Waals surface area contributed by atoms with Crippen LogP contribution in [0.2, 0.25) is 5.02 Å². The smallest absolute Gasteiger partial charge is 0.224 e. The summed E-state index contributed by atoms with van der Waals surface area (Å²) in [5.74, 6) is 0.126. The van der Waals surface area contributed by atoms with Gasteiger partial charge in [0.05, 0.1) is 0 Å². The molecule has 0 aliphatic carbocycles. The lowest BCUT2D eigenvalue weighted by molar-refractivity contribution is -0.130. The average Bonchev–Trinajstić information content (AvgIpc) is 2.39. The summed E-state index contributed by atoms with van der Waals surface area (Å²) in [5, 5.41) is 3.77. The number of rotatable bonds is 7. The third-order valence-electron chi connectivity index (χ3n) is 3.02. The van der Waals surface area contributed by atoms with E-state index in [4.69, 9.17) is 29.6 Å². The van der Waals surface area contributed by atoms with Crippen molar-refractivity contribution in [3.05, 3.63) is 28.8 Å². The van der Waals surface area contributed by atoms with Crippen molar-refractivity contribution < 1.29 is 4.79 Å². The Bertz CT molecular complexity index is 489. The summed E-state index contributed by atoms with van der Waals surface area (Å²) in [6, 6.07) is 5.28. The van der Waals surface area contributed by atoms with Crippen molar-refractivity contribution in [2.75, 3.05) is 25.0 Å². The summed E-state index contributed by atoms with van der Waals surface area (Å²) in [6.07, 6.45) is 0.422. The van der Waals surface area contributed by atoms with Gasteiger partial charge in [0.15, 0.2) is 0 Å². The van der Waals surface area contributed by atoms with Crippen LogP contribution in [0, 0.1) is 0 Å². The van der Waals surface area contributed by atoms with E-state index in [1.807, 2.05) is 13.8 Å². The lowest BCUT2D eigenvalue weighted by Gasteiger charge is -2.19. The number of thiocarbonyl (C=S) groups is 1. The molecule has 0 aliphatic heterocycles. The first kappa shape index (κ1) is 16.7. The van der Waals surface area contributed by atoms with E-state index in [1.54, 1.807) is 23.1 Å². The monoisotopic (exact) mass is 313 g/mol. The number of halogens is 1. The summed E-state index contributed by atoms with van der Waals surface area (Å²) < 4.78 is 0. The third-order valence-corrected chi connectivity index (χ3v) is 3.47. The fourth-order valence-electron chi connectivity index (χ4n) is 1.92. The lowest BCUT2D eigenvalue weighted by atomic mass is 10.1. The molecule has 1 aromatic rings. The van der Waals surface area contributed by atoms with E-state index in [0.717, 1.165) is 24.3 Å². The first-order valence-corrected chi connectivity index (χ1v) is 7.39. The molecule has 0 aromatic heterocycles. The third kappa shape index (κ3) is 4.65. The van der Waals surface area contributed by atoms with Crippen molar-refractivity contribution in [2.24, 2.45) is 5.73 Å². The first-order valence-electron chi connectivity index (χ1n) is 6.60. The molecule has 1 rings (SSSR count). The molecule has 0 saturated carbocycles. The maximum atomic E-state index is 11.9. The number of hydrogen-bond acceptors (Lipinski definition) is 3. The molecule has 6 heteroatoms. The zero-order chi connectivity index (χ0) is 15.1. The molecule has 0 spiro atoms. The molecule has 1 aromatic carbocycles. The molecule has 0 heterocycles. The molecule has 4 nitrogen and oxygen atoms in total. The van der Waals surface area contributed by atoms with Crippen LogP contribution in [0.3, 0.4) is 0 Å². The Morgan fingerprint density at radius 2 is 2.05 bits per heavy atom. The highest BCUT2D eigenvalue weighted by molar-refractivity contribution is 7.80. The van der Waals surface area contributed by atoms with E-state index in [0.29, 0.717) is 23.0 Å². The number of benzene rings is 1. The minimum Gasteiger partial charge on any atom is -0.389 e. The predicted molar refractivity (Wildman–Crippen MR) is 88.4 cm³/mol. The predicted octanol–water partition coefficient (Wildman–Crippen LogP) is 2.64. The molecule has 0 bridgehead atoms. The van der Waals surface area contributed by atoms with Crippen LogP contribution in [0.5, 0.6) is 0 Å². The van der Waals surface area contributed by atoms with E-state index < -0.39 is 0 Å². The second-order valence-corrected chi connectivity index (χ2v) is 5.17. The highest BCUT2D eigenvalue weighted by atomic mass is 35.5. The molecule has 3 N–H and O–H groups in total. The normalized spacial score (nSPS) is 10.2. The Kier molecular flexibility index (Phi) is 6.75. The van der Waals surface area contributed by atoms with E-state index in [2.05, 4.69) is 5.32 Å². The maximum absolute atomic E-state index is 11.9. The van der Waals surface area contributed by atoms with Gasteiger partial charge in [-0.3, -0.25) is 4.79 Å². The molecule has 0 fully saturated rings. The topological polar surface area (TPSA) is 58.4 Å². The molecule has 0 saturated heterocycles. The maximum Gasteiger partial charge on any atom is 0.224 e. The fourth-order valence-corrected chi connectivity index (χ4v) is 2.27. The van der Waals surface area contributed by atoms with Crippen LogP contribution < -0.4 is 11.1 Å². The highest BCUT2D eigenvalue weighted by Crippen LogP contribution is 2.21. The van der Waals surface area contributed by atoms with Crippen LogP contribution in [-0.4, -0.2) is 35.4 Å². The summed E-state index contributed by atoms with van der Waals surface area (Å²) in [7, 11) is 0. The van der Waals surface area contributed by atoms with Gasteiger partial charge in [-0.25, -0.2) is 0 Å². The van der Waals surface area contributed by atoms with Crippen LogP contribution in [-0.2, 0) is 4.79 Å². The van der Waals surface area contributed by atoms with Gasteiger partial charge >= 0.3 is 0 Å². The van der Waals surface area contributed by atoms with Gasteiger partial charge in [0.1, 0.15) is 4.99 Å². The van der Waals surface area contributed by atoms with E-state index in [9.17, 15) is 4.79 Å². The number of anilines is 1. The van der Waals surface area contributed by atoms with E-state index in [1.165, 1.54) is 0 Å². The standard InChI is InChI=1S/C14H20ClN3OS/c1-3-18(4-2)13(19)7-8-17-12-9-10(15)5-6-11(12)14(16)20/h5-6,9,17H,3-4,7-8H2,1-2H3,(H2,16,20). The van der Waals surface area contributed by atoms with Gasteiger partial charge in [-0.15, -0.1) is 0 Å². The summed E-state index contributed by atoms with van der Waals surface area (Å²) in [6.45, 7) is 5.91. The van der Waals surface area contributed by atoms with Crippen LogP contribution in [0.25, 0.3) is 0 Å². The second-order valence-electron chi connectivity index (χ2n) is 4.30. The number of carbonyl (C=O) groups excluding carboxylic acids is 1. The van der Waals surface area contributed by atoms with Gasteiger partial charge in [0.25, 0.3) is 0 Å². The zero-order valence-corrected chi connectivity index (χ0v) is 13.4. The van der Waals surface area contributed by atoms with Crippen molar-refractivity contribution in [2.45, 2.75) is 20.3 Å². The van der Waals surface area contributed by atoms with Gasteiger partial charge < -0.3 is 16.0 Å². The van der Waals surface area contributed by atoms with Gasteiger partial charge in [0, 0.05) is 42.3 Å². The number of hydrogen-bond donors (Lipinski definition) is 2. The Balaban J connectivity index is 2.64. The first-order chi connectivity index (χ1) is 9.49. The average molecular weight is 314 g/mol. The van der Waals surface area contributed by atoms with Crippen molar-refractivity contribution in [3.8, 4) is 0 Å². The minimum absolute atomic E-state index is 0.126. The summed E-state index contributed by atoms with van der Waals surface area (Å²) >= 11 is 11.0. The second kappa shape index (κ2) is 8.07.